The van der Waals surface area contributed by atoms with Gasteiger partial charge in [0.1, 0.15) is 0 Å². The van der Waals surface area contributed by atoms with Gasteiger partial charge < -0.3 is 15.4 Å². The first-order valence-corrected chi connectivity index (χ1v) is 7.56. The van der Waals surface area contributed by atoms with Crippen LogP contribution >= 0.6 is 0 Å². The molecule has 110 valence electrons. The topological polar surface area (TPSA) is 58.8 Å². The highest BCUT2D eigenvalue weighted by Gasteiger charge is 2.31. The Balaban J connectivity index is 1.75. The maximum absolute atomic E-state index is 12.2. The van der Waals surface area contributed by atoms with Crippen molar-refractivity contribution in [1.29, 1.82) is 0 Å². The summed E-state index contributed by atoms with van der Waals surface area (Å²) >= 11 is 0. The lowest BCUT2D eigenvalue weighted by atomic mass is 10.1. The number of morpholine rings is 1. The van der Waals surface area contributed by atoms with Crippen LogP contribution < -0.4 is 5.73 Å². The Morgan fingerprint density at radius 3 is 2.79 bits per heavy atom. The van der Waals surface area contributed by atoms with E-state index in [2.05, 4.69) is 11.8 Å². The van der Waals surface area contributed by atoms with E-state index in [1.807, 2.05) is 4.90 Å². The van der Waals surface area contributed by atoms with Crippen LogP contribution in [0.2, 0.25) is 0 Å². The minimum Gasteiger partial charge on any atom is -0.379 e. The van der Waals surface area contributed by atoms with Crippen LogP contribution in [-0.2, 0) is 9.53 Å². The van der Waals surface area contributed by atoms with Gasteiger partial charge in [0.05, 0.1) is 13.2 Å². The van der Waals surface area contributed by atoms with Gasteiger partial charge in [0.15, 0.2) is 0 Å². The SMILES string of the molecule is CCCC(N)CC(=O)N1CCC(N2CCOCC2)C1. The maximum Gasteiger partial charge on any atom is 0.224 e. The van der Waals surface area contributed by atoms with Crippen molar-refractivity contribution in [3.05, 3.63) is 0 Å². The van der Waals surface area contributed by atoms with Crippen LogP contribution in [-0.4, -0.2) is 67.2 Å². The van der Waals surface area contributed by atoms with Crippen molar-refractivity contribution >= 4 is 5.91 Å². The van der Waals surface area contributed by atoms with E-state index in [0.717, 1.165) is 58.7 Å². The van der Waals surface area contributed by atoms with Crippen molar-refractivity contribution in [3.8, 4) is 0 Å². The molecule has 0 spiro atoms. The zero-order valence-corrected chi connectivity index (χ0v) is 12.0. The van der Waals surface area contributed by atoms with Crippen molar-refractivity contribution in [1.82, 2.24) is 9.80 Å². The molecule has 2 N–H and O–H groups in total. The Bertz CT molecular complexity index is 292. The Hall–Kier alpha value is -0.650. The van der Waals surface area contributed by atoms with Crippen molar-refractivity contribution in [2.45, 2.75) is 44.7 Å². The number of hydrogen-bond donors (Lipinski definition) is 1. The monoisotopic (exact) mass is 269 g/mol. The minimum atomic E-state index is 0.0277. The second kappa shape index (κ2) is 7.22. The van der Waals surface area contributed by atoms with E-state index in [0.29, 0.717) is 12.5 Å². The second-order valence-electron chi connectivity index (χ2n) is 5.68. The summed E-state index contributed by atoms with van der Waals surface area (Å²) in [6.45, 7) is 7.52. The van der Waals surface area contributed by atoms with Gasteiger partial charge in [0.2, 0.25) is 5.91 Å². The molecule has 2 fully saturated rings. The molecule has 5 nitrogen and oxygen atoms in total. The fourth-order valence-corrected chi connectivity index (χ4v) is 3.04. The molecule has 2 aliphatic heterocycles. The molecule has 0 bridgehead atoms. The van der Waals surface area contributed by atoms with Gasteiger partial charge in [-0.2, -0.15) is 0 Å². The zero-order chi connectivity index (χ0) is 13.7. The highest BCUT2D eigenvalue weighted by molar-refractivity contribution is 5.77. The predicted molar refractivity (Wildman–Crippen MR) is 74.9 cm³/mol. The Kier molecular flexibility index (Phi) is 5.60. The molecule has 2 rings (SSSR count). The standard InChI is InChI=1S/C14H27N3O2/c1-2-3-12(15)10-14(18)17-5-4-13(11-17)16-6-8-19-9-7-16/h12-13H,2-11,15H2,1H3. The van der Waals surface area contributed by atoms with Gasteiger partial charge in [-0.25, -0.2) is 0 Å². The molecule has 0 aromatic carbocycles. The van der Waals surface area contributed by atoms with Gasteiger partial charge >= 0.3 is 0 Å². The Morgan fingerprint density at radius 2 is 2.11 bits per heavy atom. The number of nitrogens with zero attached hydrogens (tertiary/aromatic N) is 2. The van der Waals surface area contributed by atoms with E-state index in [9.17, 15) is 4.79 Å². The molecule has 2 atom stereocenters. The average molecular weight is 269 g/mol. The van der Waals surface area contributed by atoms with Crippen LogP contribution in [0, 0.1) is 0 Å². The van der Waals surface area contributed by atoms with Crippen LogP contribution in [0.25, 0.3) is 0 Å². The third-order valence-corrected chi connectivity index (χ3v) is 4.17. The molecule has 0 aromatic heterocycles. The quantitative estimate of drug-likeness (QED) is 0.786. The molecule has 19 heavy (non-hydrogen) atoms. The number of hydrogen-bond acceptors (Lipinski definition) is 4. The molecule has 0 aliphatic carbocycles. The fraction of sp³-hybridized carbons (Fsp3) is 0.929. The van der Waals surface area contributed by atoms with Crippen molar-refractivity contribution in [2.24, 2.45) is 5.73 Å². The first-order chi connectivity index (χ1) is 9.20. The number of carbonyl (C=O) groups excluding carboxylic acids is 1. The number of rotatable bonds is 5. The molecule has 2 heterocycles. The highest BCUT2D eigenvalue weighted by atomic mass is 16.5. The fourth-order valence-electron chi connectivity index (χ4n) is 3.04. The third kappa shape index (κ3) is 4.16. The van der Waals surface area contributed by atoms with Gasteiger partial charge in [0.25, 0.3) is 0 Å². The van der Waals surface area contributed by atoms with Crippen LogP contribution in [0.3, 0.4) is 0 Å². The number of ether oxygens (including phenoxy) is 1. The van der Waals surface area contributed by atoms with Gasteiger partial charge in [-0.1, -0.05) is 13.3 Å². The number of carbonyl (C=O) groups is 1. The summed E-state index contributed by atoms with van der Waals surface area (Å²) in [4.78, 5) is 16.6. The maximum atomic E-state index is 12.2. The van der Waals surface area contributed by atoms with Crippen molar-refractivity contribution in [2.75, 3.05) is 39.4 Å². The van der Waals surface area contributed by atoms with Gasteiger partial charge in [-0.15, -0.1) is 0 Å². The zero-order valence-electron chi connectivity index (χ0n) is 12.0. The molecule has 5 heteroatoms. The lowest BCUT2D eigenvalue weighted by Gasteiger charge is -2.32. The summed E-state index contributed by atoms with van der Waals surface area (Å²) < 4.78 is 5.37. The average Bonchev–Trinajstić information content (AvgIpc) is 2.89. The highest BCUT2D eigenvalue weighted by Crippen LogP contribution is 2.18. The van der Waals surface area contributed by atoms with Crippen LogP contribution in [0.15, 0.2) is 0 Å². The smallest absolute Gasteiger partial charge is 0.224 e. The second-order valence-corrected chi connectivity index (χ2v) is 5.68. The molecule has 0 aromatic rings. The van der Waals surface area contributed by atoms with E-state index >= 15 is 0 Å². The number of nitrogens with two attached hydrogens (primary N) is 1. The van der Waals surface area contributed by atoms with Crippen molar-refractivity contribution in [3.63, 3.8) is 0 Å². The normalized spacial score (nSPS) is 26.6. The summed E-state index contributed by atoms with van der Waals surface area (Å²) in [5, 5.41) is 0. The first kappa shape index (κ1) is 14.8. The van der Waals surface area contributed by atoms with E-state index in [-0.39, 0.29) is 11.9 Å². The third-order valence-electron chi connectivity index (χ3n) is 4.17. The van der Waals surface area contributed by atoms with Crippen LogP contribution in [0.1, 0.15) is 32.6 Å². The number of amides is 1. The van der Waals surface area contributed by atoms with E-state index in [4.69, 9.17) is 10.5 Å². The molecule has 2 saturated heterocycles. The van der Waals surface area contributed by atoms with E-state index < -0.39 is 0 Å². The molecule has 0 saturated carbocycles. The van der Waals surface area contributed by atoms with Gasteiger partial charge in [-0.3, -0.25) is 9.69 Å². The summed E-state index contributed by atoms with van der Waals surface area (Å²) in [5.41, 5.74) is 5.96. The van der Waals surface area contributed by atoms with E-state index in [1.54, 1.807) is 0 Å². The Morgan fingerprint density at radius 1 is 1.37 bits per heavy atom. The van der Waals surface area contributed by atoms with E-state index in [1.165, 1.54) is 0 Å². The largest absolute Gasteiger partial charge is 0.379 e. The first-order valence-electron chi connectivity index (χ1n) is 7.56. The summed E-state index contributed by atoms with van der Waals surface area (Å²) in [7, 11) is 0. The van der Waals surface area contributed by atoms with Gasteiger partial charge in [-0.05, 0) is 12.8 Å². The lowest BCUT2D eigenvalue weighted by Crippen LogP contribution is -2.45. The summed E-state index contributed by atoms with van der Waals surface area (Å²) in [6, 6.07) is 0.551. The molecule has 1 amide bonds. The van der Waals surface area contributed by atoms with Crippen LogP contribution in [0.4, 0.5) is 0 Å². The molecule has 2 unspecified atom stereocenters. The number of likely N-dealkylation sites (tertiary alicyclic amines) is 1. The van der Waals surface area contributed by atoms with Crippen LogP contribution in [0.5, 0.6) is 0 Å². The molecule has 2 aliphatic rings. The summed E-state index contributed by atoms with van der Waals surface area (Å²) in [6.07, 6.45) is 3.58. The molecular weight excluding hydrogens is 242 g/mol. The summed E-state index contributed by atoms with van der Waals surface area (Å²) in [5.74, 6) is 0.233. The van der Waals surface area contributed by atoms with Gasteiger partial charge in [0, 0.05) is 44.7 Å². The molecule has 0 radical (unpaired) electrons. The minimum absolute atomic E-state index is 0.0277. The lowest BCUT2D eigenvalue weighted by molar-refractivity contribution is -0.130. The predicted octanol–water partition coefficient (Wildman–Crippen LogP) is 0.437. The molecular formula is C14H27N3O2. The Labute approximate surface area is 116 Å². The van der Waals surface area contributed by atoms with Crippen molar-refractivity contribution < 1.29 is 9.53 Å².